The molecule has 5 heteroatoms. The van der Waals surface area contributed by atoms with Crippen LogP contribution >= 0.6 is 27.7 Å². The zero-order valence-electron chi connectivity index (χ0n) is 15.6. The van der Waals surface area contributed by atoms with Crippen LogP contribution in [0.25, 0.3) is 0 Å². The van der Waals surface area contributed by atoms with Crippen LogP contribution in [0, 0.1) is 5.92 Å². The number of nitrogens with zero attached hydrogens (tertiary/aromatic N) is 1. The monoisotopic (exact) mass is 446 g/mol. The Labute approximate surface area is 175 Å². The van der Waals surface area contributed by atoms with Crippen LogP contribution in [0.5, 0.6) is 0 Å². The molecule has 2 aromatic rings. The Kier molecular flexibility index (Phi) is 8.24. The third-order valence-corrected chi connectivity index (χ3v) is 6.43. The lowest BCUT2D eigenvalue weighted by Gasteiger charge is -2.31. The molecule has 27 heavy (non-hydrogen) atoms. The summed E-state index contributed by atoms with van der Waals surface area (Å²) in [6, 6.07) is 18.9. The molecule has 0 bridgehead atoms. The van der Waals surface area contributed by atoms with E-state index < -0.39 is 0 Å². The minimum absolute atomic E-state index is 0.169. The zero-order valence-corrected chi connectivity index (χ0v) is 18.0. The highest BCUT2D eigenvalue weighted by atomic mass is 79.9. The molecule has 0 spiro atoms. The second-order valence-electron chi connectivity index (χ2n) is 7.01. The fourth-order valence-electron chi connectivity index (χ4n) is 3.40. The molecule has 1 amide bonds. The Morgan fingerprint density at radius 1 is 1.07 bits per heavy atom. The van der Waals surface area contributed by atoms with Crippen molar-refractivity contribution in [3.05, 3.63) is 70.2 Å². The smallest absolute Gasteiger partial charge is 0.223 e. The summed E-state index contributed by atoms with van der Waals surface area (Å²) in [4.78, 5) is 14.8. The molecule has 0 aliphatic carbocycles. The second-order valence-corrected chi connectivity index (χ2v) is 9.03. The van der Waals surface area contributed by atoms with Gasteiger partial charge in [0.05, 0.1) is 0 Å². The van der Waals surface area contributed by atoms with E-state index in [9.17, 15) is 4.79 Å². The number of carbonyl (C=O) groups is 1. The summed E-state index contributed by atoms with van der Waals surface area (Å²) in [5.74, 6) is 2.37. The van der Waals surface area contributed by atoms with Gasteiger partial charge < -0.3 is 5.32 Å². The highest BCUT2D eigenvalue weighted by Crippen LogP contribution is 2.20. The number of piperidine rings is 1. The Bertz CT molecular complexity index is 717. The molecule has 1 aliphatic rings. The van der Waals surface area contributed by atoms with E-state index in [1.165, 1.54) is 11.1 Å². The fraction of sp³-hybridized carbons (Fsp3) is 0.409. The Morgan fingerprint density at radius 2 is 1.81 bits per heavy atom. The lowest BCUT2D eigenvalue weighted by molar-refractivity contribution is -0.126. The third kappa shape index (κ3) is 6.98. The summed E-state index contributed by atoms with van der Waals surface area (Å²) in [6.45, 7) is 3.71. The van der Waals surface area contributed by atoms with Crippen molar-refractivity contribution in [1.29, 1.82) is 0 Å². The molecular weight excluding hydrogens is 420 g/mol. The van der Waals surface area contributed by atoms with Gasteiger partial charge in [-0.25, -0.2) is 0 Å². The van der Waals surface area contributed by atoms with Gasteiger partial charge in [-0.3, -0.25) is 9.69 Å². The number of amides is 1. The van der Waals surface area contributed by atoms with Crippen molar-refractivity contribution in [1.82, 2.24) is 10.2 Å². The van der Waals surface area contributed by atoms with Gasteiger partial charge in [-0.15, -0.1) is 0 Å². The minimum Gasteiger partial charge on any atom is -0.355 e. The molecule has 0 radical (unpaired) electrons. The number of thioether (sulfide) groups is 1. The van der Waals surface area contributed by atoms with Crippen molar-refractivity contribution < 1.29 is 4.79 Å². The Hall–Kier alpha value is -1.30. The first-order valence-corrected chi connectivity index (χ1v) is 11.5. The molecule has 1 heterocycles. The lowest BCUT2D eigenvalue weighted by atomic mass is 9.95. The van der Waals surface area contributed by atoms with E-state index in [2.05, 4.69) is 74.7 Å². The molecule has 2 aromatic carbocycles. The zero-order chi connectivity index (χ0) is 18.9. The maximum absolute atomic E-state index is 12.4. The van der Waals surface area contributed by atoms with Gasteiger partial charge in [0.1, 0.15) is 0 Å². The Balaban J connectivity index is 1.30. The summed E-state index contributed by atoms with van der Waals surface area (Å²) >= 11 is 5.40. The molecule has 0 saturated carbocycles. The minimum atomic E-state index is 0.169. The molecule has 144 valence electrons. The maximum atomic E-state index is 12.4. The van der Waals surface area contributed by atoms with Crippen molar-refractivity contribution in [3.8, 4) is 0 Å². The number of hydrogen-bond donors (Lipinski definition) is 1. The molecule has 1 aliphatic heterocycles. The number of likely N-dealkylation sites (tertiary alicyclic amines) is 1. The van der Waals surface area contributed by atoms with Crippen molar-refractivity contribution >= 4 is 33.6 Å². The molecule has 3 nitrogen and oxygen atoms in total. The number of rotatable bonds is 8. The predicted octanol–water partition coefficient (Wildman–Crippen LogP) is 4.71. The van der Waals surface area contributed by atoms with E-state index in [0.717, 1.165) is 55.0 Å². The van der Waals surface area contributed by atoms with Gasteiger partial charge in [0.2, 0.25) is 5.91 Å². The van der Waals surface area contributed by atoms with Crippen LogP contribution < -0.4 is 5.32 Å². The SMILES string of the molecule is O=C(NCCSCc1ccccc1)C1CCN(Cc2cccc(Br)c2)CC1. The van der Waals surface area contributed by atoms with Crippen LogP contribution in [0.3, 0.4) is 0 Å². The lowest BCUT2D eigenvalue weighted by Crippen LogP contribution is -2.40. The normalized spacial score (nSPS) is 15.6. The Morgan fingerprint density at radius 3 is 2.56 bits per heavy atom. The third-order valence-electron chi connectivity index (χ3n) is 4.91. The highest BCUT2D eigenvalue weighted by molar-refractivity contribution is 9.10. The summed E-state index contributed by atoms with van der Waals surface area (Å²) in [5.41, 5.74) is 2.66. The summed E-state index contributed by atoms with van der Waals surface area (Å²) in [5, 5.41) is 3.13. The van der Waals surface area contributed by atoms with E-state index in [4.69, 9.17) is 0 Å². The first-order valence-electron chi connectivity index (χ1n) is 9.57. The molecule has 1 fully saturated rings. The van der Waals surface area contributed by atoms with E-state index in [1.807, 2.05) is 17.8 Å². The highest BCUT2D eigenvalue weighted by Gasteiger charge is 2.24. The van der Waals surface area contributed by atoms with E-state index in [1.54, 1.807) is 0 Å². The molecule has 1 N–H and O–H groups in total. The van der Waals surface area contributed by atoms with Crippen LogP contribution in [-0.2, 0) is 17.1 Å². The van der Waals surface area contributed by atoms with E-state index in [0.29, 0.717) is 0 Å². The van der Waals surface area contributed by atoms with Crippen LogP contribution in [-0.4, -0.2) is 36.2 Å². The van der Waals surface area contributed by atoms with Crippen molar-refractivity contribution in [2.24, 2.45) is 5.92 Å². The molecule has 3 rings (SSSR count). The molecule has 1 saturated heterocycles. The largest absolute Gasteiger partial charge is 0.355 e. The van der Waals surface area contributed by atoms with E-state index >= 15 is 0 Å². The van der Waals surface area contributed by atoms with Gasteiger partial charge in [-0.1, -0.05) is 58.4 Å². The van der Waals surface area contributed by atoms with Gasteiger partial charge in [0.15, 0.2) is 0 Å². The van der Waals surface area contributed by atoms with Gasteiger partial charge in [0, 0.05) is 35.0 Å². The summed E-state index contributed by atoms with van der Waals surface area (Å²) < 4.78 is 1.12. The standard InChI is InChI=1S/C22H27BrN2OS/c23-21-8-4-7-19(15-21)16-25-12-9-20(10-13-25)22(26)24-11-14-27-17-18-5-2-1-3-6-18/h1-8,15,20H,9-14,16-17H2,(H,24,26). The first-order chi connectivity index (χ1) is 13.2. The van der Waals surface area contributed by atoms with E-state index in [-0.39, 0.29) is 11.8 Å². The topological polar surface area (TPSA) is 32.3 Å². The predicted molar refractivity (Wildman–Crippen MR) is 118 cm³/mol. The number of nitrogens with one attached hydrogen (secondary N) is 1. The molecule has 0 aromatic heterocycles. The van der Waals surface area contributed by atoms with Gasteiger partial charge in [-0.2, -0.15) is 11.8 Å². The average molecular weight is 447 g/mol. The van der Waals surface area contributed by atoms with Gasteiger partial charge >= 0.3 is 0 Å². The molecule has 0 unspecified atom stereocenters. The first kappa shape index (κ1) is 20.4. The average Bonchev–Trinajstić information content (AvgIpc) is 2.69. The van der Waals surface area contributed by atoms with Crippen LogP contribution in [0.2, 0.25) is 0 Å². The maximum Gasteiger partial charge on any atom is 0.223 e. The fourth-order valence-corrected chi connectivity index (χ4v) is 4.67. The van der Waals surface area contributed by atoms with Crippen molar-refractivity contribution in [2.45, 2.75) is 25.1 Å². The quantitative estimate of drug-likeness (QED) is 0.595. The molecular formula is C22H27BrN2OS. The number of hydrogen-bond acceptors (Lipinski definition) is 3. The second kappa shape index (κ2) is 10.9. The number of carbonyl (C=O) groups excluding carboxylic acids is 1. The summed E-state index contributed by atoms with van der Waals surface area (Å²) in [6.07, 6.45) is 1.91. The molecule has 0 atom stereocenters. The van der Waals surface area contributed by atoms with Crippen LogP contribution in [0.1, 0.15) is 24.0 Å². The number of halogens is 1. The number of benzene rings is 2. The van der Waals surface area contributed by atoms with Crippen molar-refractivity contribution in [3.63, 3.8) is 0 Å². The van der Waals surface area contributed by atoms with Gasteiger partial charge in [-0.05, 0) is 49.2 Å². The van der Waals surface area contributed by atoms with Crippen LogP contribution in [0.4, 0.5) is 0 Å². The van der Waals surface area contributed by atoms with Crippen LogP contribution in [0.15, 0.2) is 59.1 Å². The summed E-state index contributed by atoms with van der Waals surface area (Å²) in [7, 11) is 0. The van der Waals surface area contributed by atoms with Crippen molar-refractivity contribution in [2.75, 3.05) is 25.4 Å². The van der Waals surface area contributed by atoms with Gasteiger partial charge in [0.25, 0.3) is 0 Å².